The summed E-state index contributed by atoms with van der Waals surface area (Å²) in [6.07, 6.45) is 0.530. The molecule has 3 rings (SSSR count). The van der Waals surface area contributed by atoms with Gasteiger partial charge in [0.05, 0.1) is 0 Å². The van der Waals surface area contributed by atoms with Gasteiger partial charge in [0.15, 0.2) is 10.1 Å². The van der Waals surface area contributed by atoms with Crippen LogP contribution in [0.25, 0.3) is 11.1 Å². The molecule has 0 aliphatic heterocycles. The lowest BCUT2D eigenvalue weighted by Gasteiger charge is -2.28. The van der Waals surface area contributed by atoms with Crippen molar-refractivity contribution in [3.05, 3.63) is 53.1 Å². The SMILES string of the molecule is [O]c1c(C(Cl)(Cl)C(Cl)(Cl)Cl)ccc2c1Cc1ccccc1-2. The topological polar surface area (TPSA) is 19.9 Å². The van der Waals surface area contributed by atoms with E-state index >= 15 is 0 Å². The molecule has 1 aliphatic carbocycles. The van der Waals surface area contributed by atoms with Crippen molar-refractivity contribution in [2.75, 3.05) is 0 Å². The van der Waals surface area contributed by atoms with Crippen LogP contribution in [0.15, 0.2) is 36.4 Å². The quantitative estimate of drug-likeness (QED) is 0.435. The lowest BCUT2D eigenvalue weighted by Crippen LogP contribution is -2.28. The van der Waals surface area contributed by atoms with Crippen molar-refractivity contribution in [3.8, 4) is 16.9 Å². The van der Waals surface area contributed by atoms with Crippen molar-refractivity contribution >= 4 is 58.0 Å². The van der Waals surface area contributed by atoms with E-state index in [0.717, 1.165) is 16.7 Å². The summed E-state index contributed by atoms with van der Waals surface area (Å²) in [5.41, 5.74) is 3.73. The standard InChI is InChI=1S/C15H8Cl5O/c16-14(17,15(18,19)20)12-6-5-10-9-4-2-1-3-8(9)7-11(10)13(12)21/h1-6H,7H2. The lowest BCUT2D eigenvalue weighted by molar-refractivity contribution is 0.344. The number of benzene rings is 2. The number of halogens is 5. The minimum atomic E-state index is -2.00. The van der Waals surface area contributed by atoms with Gasteiger partial charge in [-0.25, -0.2) is 0 Å². The molecule has 2 aromatic rings. The van der Waals surface area contributed by atoms with Gasteiger partial charge in [0.2, 0.25) is 3.79 Å². The molecule has 0 fully saturated rings. The Kier molecular flexibility index (Phi) is 3.79. The highest BCUT2D eigenvalue weighted by Gasteiger charge is 2.49. The highest BCUT2D eigenvalue weighted by atomic mass is 35.6. The summed E-state index contributed by atoms with van der Waals surface area (Å²) in [5.74, 6) is -0.278. The molecule has 1 nitrogen and oxygen atoms in total. The highest BCUT2D eigenvalue weighted by molar-refractivity contribution is 6.75. The average Bonchev–Trinajstić information content (AvgIpc) is 2.77. The van der Waals surface area contributed by atoms with Gasteiger partial charge >= 0.3 is 0 Å². The van der Waals surface area contributed by atoms with Gasteiger partial charge in [-0.05, 0) is 16.7 Å². The Morgan fingerprint density at radius 2 is 1.52 bits per heavy atom. The van der Waals surface area contributed by atoms with Gasteiger partial charge in [-0.2, -0.15) is 0 Å². The van der Waals surface area contributed by atoms with E-state index in [0.29, 0.717) is 12.0 Å². The molecule has 0 amide bonds. The number of alkyl halides is 5. The Labute approximate surface area is 147 Å². The van der Waals surface area contributed by atoms with Crippen LogP contribution in [0.5, 0.6) is 5.75 Å². The Hall–Kier alpha value is -0.310. The Bertz CT molecular complexity index is 718. The zero-order valence-corrected chi connectivity index (χ0v) is 14.2. The molecule has 1 radical (unpaired) electrons. The van der Waals surface area contributed by atoms with E-state index in [-0.39, 0.29) is 11.3 Å². The number of hydrogen-bond donors (Lipinski definition) is 0. The zero-order chi connectivity index (χ0) is 15.4. The van der Waals surface area contributed by atoms with Gasteiger partial charge < -0.3 is 0 Å². The fraction of sp³-hybridized carbons (Fsp3) is 0.200. The van der Waals surface area contributed by atoms with Gasteiger partial charge in [-0.3, -0.25) is 5.11 Å². The second-order valence-electron chi connectivity index (χ2n) is 4.87. The second kappa shape index (κ2) is 5.11. The molecule has 0 unspecified atom stereocenters. The minimum Gasteiger partial charge on any atom is -0.289 e. The first kappa shape index (κ1) is 15.6. The van der Waals surface area contributed by atoms with Crippen molar-refractivity contribution in [1.82, 2.24) is 0 Å². The van der Waals surface area contributed by atoms with Crippen LogP contribution in [0.4, 0.5) is 0 Å². The van der Waals surface area contributed by atoms with E-state index < -0.39 is 8.13 Å². The molecule has 0 N–H and O–H groups in total. The van der Waals surface area contributed by atoms with Crippen molar-refractivity contribution in [1.29, 1.82) is 0 Å². The van der Waals surface area contributed by atoms with Crippen LogP contribution in [0, 0.1) is 0 Å². The van der Waals surface area contributed by atoms with E-state index in [9.17, 15) is 5.11 Å². The maximum Gasteiger partial charge on any atom is 0.227 e. The molecule has 0 saturated carbocycles. The van der Waals surface area contributed by atoms with Crippen LogP contribution in [-0.4, -0.2) is 3.79 Å². The molecule has 6 heteroatoms. The van der Waals surface area contributed by atoms with E-state index in [1.54, 1.807) is 6.07 Å². The summed E-state index contributed by atoms with van der Waals surface area (Å²) in [6, 6.07) is 11.2. The largest absolute Gasteiger partial charge is 0.289 e. The summed E-state index contributed by atoms with van der Waals surface area (Å²) >= 11 is 29.6. The Morgan fingerprint density at radius 3 is 2.19 bits per heavy atom. The lowest BCUT2D eigenvalue weighted by atomic mass is 10.0. The second-order valence-corrected chi connectivity index (χ2v) is 8.48. The zero-order valence-electron chi connectivity index (χ0n) is 10.5. The smallest absolute Gasteiger partial charge is 0.227 e. The summed E-state index contributed by atoms with van der Waals surface area (Å²) in [4.78, 5) is 0. The molecule has 1 aliphatic rings. The predicted molar refractivity (Wildman–Crippen MR) is 88.5 cm³/mol. The van der Waals surface area contributed by atoms with Crippen molar-refractivity contribution in [2.24, 2.45) is 0 Å². The first-order chi connectivity index (χ1) is 9.73. The van der Waals surface area contributed by atoms with Crippen LogP contribution < -0.4 is 0 Å². The van der Waals surface area contributed by atoms with Gasteiger partial charge in [-0.15, -0.1) is 0 Å². The molecule has 0 atom stereocenters. The van der Waals surface area contributed by atoms with Gasteiger partial charge in [0.1, 0.15) is 0 Å². The molecule has 2 aromatic carbocycles. The highest BCUT2D eigenvalue weighted by Crippen LogP contribution is 2.57. The van der Waals surface area contributed by atoms with Crippen LogP contribution in [0.1, 0.15) is 16.7 Å². The third kappa shape index (κ3) is 2.40. The third-order valence-corrected chi connectivity index (χ3v) is 6.03. The van der Waals surface area contributed by atoms with E-state index in [1.807, 2.05) is 24.3 Å². The summed E-state index contributed by atoms with van der Waals surface area (Å²) in [7, 11) is 0. The van der Waals surface area contributed by atoms with Gasteiger partial charge in [-0.1, -0.05) is 94.4 Å². The predicted octanol–water partition coefficient (Wildman–Crippen LogP) is 6.40. The van der Waals surface area contributed by atoms with Crippen molar-refractivity contribution in [2.45, 2.75) is 14.5 Å². The van der Waals surface area contributed by atoms with Gasteiger partial charge in [0, 0.05) is 17.5 Å². The molecule has 0 spiro atoms. The average molecular weight is 381 g/mol. The van der Waals surface area contributed by atoms with Gasteiger partial charge in [0.25, 0.3) is 0 Å². The molecular weight excluding hydrogens is 373 g/mol. The normalized spacial score (nSPS) is 14.0. The maximum atomic E-state index is 12.7. The van der Waals surface area contributed by atoms with Crippen molar-refractivity contribution in [3.63, 3.8) is 0 Å². The molecule has 0 bridgehead atoms. The van der Waals surface area contributed by atoms with E-state index in [2.05, 4.69) is 0 Å². The third-order valence-electron chi connectivity index (χ3n) is 3.63. The maximum absolute atomic E-state index is 12.7. The molecule has 0 aromatic heterocycles. The monoisotopic (exact) mass is 379 g/mol. The van der Waals surface area contributed by atoms with E-state index in [1.165, 1.54) is 6.07 Å². The molecule has 0 saturated heterocycles. The van der Waals surface area contributed by atoms with Crippen LogP contribution in [0.2, 0.25) is 0 Å². The minimum absolute atomic E-state index is 0.0809. The fourth-order valence-corrected chi connectivity index (χ4v) is 3.19. The van der Waals surface area contributed by atoms with Crippen molar-refractivity contribution < 1.29 is 5.11 Å². The number of fused-ring (bicyclic) bond motifs is 3. The molecule has 109 valence electrons. The van der Waals surface area contributed by atoms with E-state index in [4.69, 9.17) is 58.0 Å². The first-order valence-electron chi connectivity index (χ1n) is 6.09. The Balaban J connectivity index is 2.17. The summed E-state index contributed by atoms with van der Waals surface area (Å²) in [6.45, 7) is 0. The van der Waals surface area contributed by atoms with Crippen LogP contribution in [0.3, 0.4) is 0 Å². The number of rotatable bonds is 1. The molecule has 21 heavy (non-hydrogen) atoms. The Morgan fingerprint density at radius 1 is 0.857 bits per heavy atom. The first-order valence-corrected chi connectivity index (χ1v) is 7.98. The molecule has 0 heterocycles. The summed E-state index contributed by atoms with van der Waals surface area (Å²) in [5, 5.41) is 12.7. The summed E-state index contributed by atoms with van der Waals surface area (Å²) < 4.78 is -3.91. The molecular formula is C15H8Cl5O. The number of hydrogen-bond acceptors (Lipinski definition) is 0. The fourth-order valence-electron chi connectivity index (χ4n) is 2.58. The van der Waals surface area contributed by atoms with Crippen LogP contribution in [-0.2, 0) is 15.9 Å². The van der Waals surface area contributed by atoms with Crippen LogP contribution >= 0.6 is 58.0 Å².